The highest BCUT2D eigenvalue weighted by Gasteiger charge is 2.14. The number of amides is 1. The molecular formula is C10H7BrN2O3S2. The van der Waals surface area contributed by atoms with Gasteiger partial charge in [-0.25, -0.2) is 4.98 Å². The first-order chi connectivity index (χ1) is 8.56. The third-order valence-corrected chi connectivity index (χ3v) is 4.57. The van der Waals surface area contributed by atoms with Crippen LogP contribution in [0.25, 0.3) is 0 Å². The van der Waals surface area contributed by atoms with Crippen molar-refractivity contribution < 1.29 is 14.7 Å². The number of thiazole rings is 1. The number of nitrogens with zero attached hydrogens (tertiary/aromatic N) is 1. The van der Waals surface area contributed by atoms with Crippen LogP contribution in [0.1, 0.15) is 15.4 Å². The van der Waals surface area contributed by atoms with Crippen LogP contribution >= 0.6 is 38.6 Å². The molecule has 0 fully saturated rings. The van der Waals surface area contributed by atoms with E-state index in [1.54, 1.807) is 16.8 Å². The van der Waals surface area contributed by atoms with E-state index in [9.17, 15) is 9.59 Å². The molecule has 94 valence electrons. The fourth-order valence-corrected chi connectivity index (χ4v) is 3.36. The molecule has 2 aromatic heterocycles. The van der Waals surface area contributed by atoms with Crippen LogP contribution in [0, 0.1) is 0 Å². The Morgan fingerprint density at radius 1 is 1.44 bits per heavy atom. The van der Waals surface area contributed by atoms with E-state index in [2.05, 4.69) is 26.2 Å². The second kappa shape index (κ2) is 5.59. The number of carbonyl (C=O) groups is 2. The maximum absolute atomic E-state index is 11.8. The molecule has 1 amide bonds. The number of carbonyl (C=O) groups excluding carboxylic acids is 1. The highest BCUT2D eigenvalue weighted by atomic mass is 79.9. The van der Waals surface area contributed by atoms with Gasteiger partial charge in [-0.3, -0.25) is 14.9 Å². The van der Waals surface area contributed by atoms with Crippen LogP contribution in [0.2, 0.25) is 0 Å². The number of hydrogen-bond donors (Lipinski definition) is 2. The largest absolute Gasteiger partial charge is 0.481 e. The molecule has 2 N–H and O–H groups in total. The number of hydrogen-bond acceptors (Lipinski definition) is 5. The molecule has 0 bridgehead atoms. The molecular weight excluding hydrogens is 340 g/mol. The highest BCUT2D eigenvalue weighted by Crippen LogP contribution is 2.24. The van der Waals surface area contributed by atoms with Crippen molar-refractivity contribution in [2.75, 3.05) is 5.32 Å². The van der Waals surface area contributed by atoms with Gasteiger partial charge in [-0.1, -0.05) is 0 Å². The monoisotopic (exact) mass is 346 g/mol. The summed E-state index contributed by atoms with van der Waals surface area (Å²) < 4.78 is 0.729. The van der Waals surface area contributed by atoms with Gasteiger partial charge in [-0.2, -0.15) is 0 Å². The Kier molecular flexibility index (Phi) is 4.10. The van der Waals surface area contributed by atoms with E-state index in [0.29, 0.717) is 15.7 Å². The molecule has 0 atom stereocenters. The van der Waals surface area contributed by atoms with Crippen LogP contribution in [0.3, 0.4) is 0 Å². The zero-order chi connectivity index (χ0) is 13.1. The average Bonchev–Trinajstić information content (AvgIpc) is 2.87. The molecule has 2 rings (SSSR count). The quantitative estimate of drug-likeness (QED) is 0.891. The van der Waals surface area contributed by atoms with Crippen molar-refractivity contribution in [1.29, 1.82) is 0 Å². The summed E-state index contributed by atoms with van der Waals surface area (Å²) in [6.45, 7) is 0. The summed E-state index contributed by atoms with van der Waals surface area (Å²) in [7, 11) is 0. The van der Waals surface area contributed by atoms with E-state index in [0.717, 1.165) is 4.47 Å². The highest BCUT2D eigenvalue weighted by molar-refractivity contribution is 9.10. The molecule has 0 spiro atoms. The lowest BCUT2D eigenvalue weighted by Crippen LogP contribution is -2.10. The first-order valence-corrected chi connectivity index (χ1v) is 7.32. The summed E-state index contributed by atoms with van der Waals surface area (Å²) in [4.78, 5) is 26.9. The molecule has 0 aliphatic carbocycles. The van der Waals surface area contributed by atoms with Crippen molar-refractivity contribution in [2.45, 2.75) is 6.42 Å². The fraction of sp³-hybridized carbons (Fsp3) is 0.100. The molecule has 0 aliphatic rings. The van der Waals surface area contributed by atoms with Crippen LogP contribution in [0.4, 0.5) is 5.13 Å². The number of aromatic nitrogens is 1. The molecule has 0 saturated carbocycles. The smallest absolute Gasteiger partial charge is 0.309 e. The van der Waals surface area contributed by atoms with Crippen LogP contribution in [-0.2, 0) is 11.2 Å². The number of carboxylic acid groups (broad SMARTS) is 1. The van der Waals surface area contributed by atoms with Gasteiger partial charge in [0.2, 0.25) is 0 Å². The van der Waals surface area contributed by atoms with Crippen molar-refractivity contribution in [1.82, 2.24) is 4.98 Å². The van der Waals surface area contributed by atoms with Crippen molar-refractivity contribution >= 4 is 55.6 Å². The minimum absolute atomic E-state index is 0.144. The first kappa shape index (κ1) is 13.2. The van der Waals surface area contributed by atoms with Gasteiger partial charge >= 0.3 is 5.97 Å². The van der Waals surface area contributed by atoms with Crippen LogP contribution < -0.4 is 5.32 Å². The summed E-state index contributed by atoms with van der Waals surface area (Å²) in [6.07, 6.45) is -0.144. The average molecular weight is 347 g/mol. The predicted octanol–water partition coefficient (Wildman–Crippen LogP) is 2.85. The third-order valence-electron chi connectivity index (χ3n) is 1.93. The Morgan fingerprint density at radius 3 is 2.83 bits per heavy atom. The molecule has 0 aliphatic heterocycles. The lowest BCUT2D eigenvalue weighted by molar-refractivity contribution is -0.136. The minimum Gasteiger partial charge on any atom is -0.481 e. The van der Waals surface area contributed by atoms with Crippen LogP contribution in [0.15, 0.2) is 21.3 Å². The third kappa shape index (κ3) is 3.15. The van der Waals surface area contributed by atoms with Crippen LogP contribution in [0.5, 0.6) is 0 Å². The number of nitrogens with one attached hydrogen (secondary N) is 1. The van der Waals surface area contributed by atoms with E-state index in [1.165, 1.54) is 22.7 Å². The number of carboxylic acids is 1. The van der Waals surface area contributed by atoms with Crippen molar-refractivity contribution in [2.24, 2.45) is 0 Å². The van der Waals surface area contributed by atoms with Crippen molar-refractivity contribution in [3.8, 4) is 0 Å². The van der Waals surface area contributed by atoms with Crippen molar-refractivity contribution in [3.05, 3.63) is 31.9 Å². The number of aliphatic carboxylic acids is 1. The summed E-state index contributed by atoms with van der Waals surface area (Å²) in [5.41, 5.74) is 0.438. The number of halogens is 1. The summed E-state index contributed by atoms with van der Waals surface area (Å²) in [6, 6.07) is 1.79. The number of thiophene rings is 1. The standard InChI is InChI=1S/C10H7BrN2O3S2/c11-6-1-2-17-8(6)9(16)13-10-12-5(4-18-10)3-7(14)15/h1-2,4H,3H2,(H,14,15)(H,12,13,16). The summed E-state index contributed by atoms with van der Waals surface area (Å²) >= 11 is 5.80. The zero-order valence-corrected chi connectivity index (χ0v) is 12.1. The number of anilines is 1. The molecule has 8 heteroatoms. The maximum atomic E-state index is 11.8. The van der Waals surface area contributed by atoms with E-state index >= 15 is 0 Å². The molecule has 0 unspecified atom stereocenters. The van der Waals surface area contributed by atoms with E-state index in [4.69, 9.17) is 5.11 Å². The number of rotatable bonds is 4. The molecule has 2 aromatic rings. The summed E-state index contributed by atoms with van der Waals surface area (Å²) in [5, 5.41) is 15.1. The molecule has 0 saturated heterocycles. The van der Waals surface area contributed by atoms with Gasteiger partial charge in [-0.05, 0) is 27.4 Å². The van der Waals surface area contributed by atoms with Gasteiger partial charge in [0.25, 0.3) is 5.91 Å². The van der Waals surface area contributed by atoms with Gasteiger partial charge in [0.1, 0.15) is 4.88 Å². The predicted molar refractivity (Wildman–Crippen MR) is 73.4 cm³/mol. The topological polar surface area (TPSA) is 79.3 Å². The molecule has 5 nitrogen and oxygen atoms in total. The maximum Gasteiger partial charge on any atom is 0.309 e. The van der Waals surface area contributed by atoms with Crippen molar-refractivity contribution in [3.63, 3.8) is 0 Å². The van der Waals surface area contributed by atoms with E-state index < -0.39 is 5.97 Å². The second-order valence-electron chi connectivity index (χ2n) is 3.27. The first-order valence-electron chi connectivity index (χ1n) is 4.77. The summed E-state index contributed by atoms with van der Waals surface area (Å²) in [5.74, 6) is -1.20. The molecule has 0 aromatic carbocycles. The van der Waals surface area contributed by atoms with Gasteiger partial charge in [-0.15, -0.1) is 22.7 Å². The fourth-order valence-electron chi connectivity index (χ4n) is 1.21. The second-order valence-corrected chi connectivity index (χ2v) is 5.89. The lowest BCUT2D eigenvalue weighted by atomic mass is 10.3. The van der Waals surface area contributed by atoms with Gasteiger partial charge < -0.3 is 5.11 Å². The SMILES string of the molecule is O=C(O)Cc1csc(NC(=O)c2sccc2Br)n1. The lowest BCUT2D eigenvalue weighted by Gasteiger charge is -1.99. The normalized spacial score (nSPS) is 10.3. The van der Waals surface area contributed by atoms with Crippen LogP contribution in [-0.4, -0.2) is 22.0 Å². The molecule has 2 heterocycles. The van der Waals surface area contributed by atoms with E-state index in [-0.39, 0.29) is 12.3 Å². The molecule has 0 radical (unpaired) electrons. The molecule has 18 heavy (non-hydrogen) atoms. The Balaban J connectivity index is 2.06. The zero-order valence-electron chi connectivity index (χ0n) is 8.84. The Morgan fingerprint density at radius 2 is 2.22 bits per heavy atom. The minimum atomic E-state index is -0.945. The van der Waals surface area contributed by atoms with Gasteiger partial charge in [0.15, 0.2) is 5.13 Å². The Labute approximate surface area is 119 Å². The Hall–Kier alpha value is -1.25. The Bertz CT molecular complexity index is 593. The van der Waals surface area contributed by atoms with Gasteiger partial charge in [0, 0.05) is 9.85 Å². The van der Waals surface area contributed by atoms with Gasteiger partial charge in [0.05, 0.1) is 12.1 Å². The van der Waals surface area contributed by atoms with E-state index in [1.807, 2.05) is 0 Å².